The van der Waals surface area contributed by atoms with E-state index in [9.17, 15) is 4.79 Å². The van der Waals surface area contributed by atoms with E-state index in [2.05, 4.69) is 10.3 Å². The lowest BCUT2D eigenvalue weighted by Gasteiger charge is -2.10. The molecular weight excluding hydrogens is 296 g/mol. The highest BCUT2D eigenvalue weighted by atomic mass is 16.5. The zero-order chi connectivity index (χ0) is 16.2. The van der Waals surface area contributed by atoms with Crippen LogP contribution in [0.15, 0.2) is 46.9 Å². The first-order chi connectivity index (χ1) is 11.2. The number of nitrogens with zero attached hydrogens (tertiary/aromatic N) is 1. The number of ether oxygens (including phenoxy) is 2. The first-order valence-electron chi connectivity index (χ1n) is 7.09. The van der Waals surface area contributed by atoms with E-state index in [-0.39, 0.29) is 12.5 Å². The molecule has 2 aromatic carbocycles. The maximum atomic E-state index is 12.1. The molecule has 0 aliphatic carbocycles. The van der Waals surface area contributed by atoms with E-state index in [1.807, 2.05) is 18.2 Å². The lowest BCUT2D eigenvalue weighted by Crippen LogP contribution is -2.20. The van der Waals surface area contributed by atoms with Gasteiger partial charge in [0.15, 0.2) is 29.6 Å². The third-order valence-corrected chi connectivity index (χ3v) is 3.22. The van der Waals surface area contributed by atoms with Crippen molar-refractivity contribution in [2.45, 2.75) is 6.92 Å². The molecule has 0 radical (unpaired) electrons. The number of benzene rings is 2. The number of amides is 1. The van der Waals surface area contributed by atoms with E-state index < -0.39 is 0 Å². The number of carbonyl (C=O) groups excluding carboxylic acids is 1. The molecule has 23 heavy (non-hydrogen) atoms. The molecule has 0 unspecified atom stereocenters. The van der Waals surface area contributed by atoms with E-state index >= 15 is 0 Å². The second kappa shape index (κ2) is 6.39. The molecule has 6 nitrogen and oxygen atoms in total. The van der Waals surface area contributed by atoms with Gasteiger partial charge in [-0.2, -0.15) is 0 Å². The highest BCUT2D eigenvalue weighted by molar-refractivity contribution is 5.99. The average molecular weight is 312 g/mol. The lowest BCUT2D eigenvalue weighted by molar-refractivity contribution is -0.118. The summed E-state index contributed by atoms with van der Waals surface area (Å²) in [4.78, 5) is 16.3. The minimum Gasteiger partial charge on any atom is -0.493 e. The predicted octanol–water partition coefficient (Wildman–Crippen LogP) is 3.16. The molecule has 0 spiro atoms. The summed E-state index contributed by atoms with van der Waals surface area (Å²) in [6, 6.07) is 12.5. The van der Waals surface area contributed by atoms with Crippen LogP contribution in [-0.2, 0) is 4.79 Å². The van der Waals surface area contributed by atoms with Crippen molar-refractivity contribution in [1.29, 1.82) is 0 Å². The lowest BCUT2D eigenvalue weighted by atomic mass is 10.3. The molecule has 1 heterocycles. The Labute approximate surface area is 133 Å². The van der Waals surface area contributed by atoms with Crippen molar-refractivity contribution in [3.8, 4) is 11.5 Å². The molecule has 0 bridgehead atoms. The van der Waals surface area contributed by atoms with Crippen molar-refractivity contribution < 1.29 is 18.7 Å². The molecule has 1 aromatic heterocycles. The van der Waals surface area contributed by atoms with Crippen molar-refractivity contribution in [2.24, 2.45) is 0 Å². The Morgan fingerprint density at radius 3 is 2.74 bits per heavy atom. The van der Waals surface area contributed by atoms with Crippen LogP contribution in [0.2, 0.25) is 0 Å². The molecule has 1 amide bonds. The molecule has 0 atom stereocenters. The number of anilines is 1. The number of para-hydroxylation sites is 3. The van der Waals surface area contributed by atoms with Crippen molar-refractivity contribution in [2.75, 3.05) is 19.0 Å². The Balaban J connectivity index is 1.69. The zero-order valence-electron chi connectivity index (χ0n) is 12.8. The Morgan fingerprint density at radius 2 is 1.96 bits per heavy atom. The van der Waals surface area contributed by atoms with Crippen LogP contribution in [0.5, 0.6) is 11.5 Å². The highest BCUT2D eigenvalue weighted by Gasteiger charge is 2.12. The van der Waals surface area contributed by atoms with Gasteiger partial charge in [0.25, 0.3) is 5.91 Å². The van der Waals surface area contributed by atoms with E-state index in [4.69, 9.17) is 13.9 Å². The van der Waals surface area contributed by atoms with E-state index in [0.29, 0.717) is 34.2 Å². The van der Waals surface area contributed by atoms with Gasteiger partial charge in [0.2, 0.25) is 0 Å². The number of hydrogen-bond acceptors (Lipinski definition) is 5. The molecule has 0 aliphatic heterocycles. The minimum absolute atomic E-state index is 0.135. The maximum absolute atomic E-state index is 12.1. The van der Waals surface area contributed by atoms with Crippen LogP contribution in [0.4, 0.5) is 5.69 Å². The second-order valence-corrected chi connectivity index (χ2v) is 4.87. The van der Waals surface area contributed by atoms with Crippen molar-refractivity contribution >= 4 is 22.7 Å². The number of hydrogen-bond donors (Lipinski definition) is 1. The maximum Gasteiger partial charge on any atom is 0.262 e. The number of oxazole rings is 1. The van der Waals surface area contributed by atoms with Gasteiger partial charge in [-0.1, -0.05) is 18.2 Å². The molecule has 0 aliphatic rings. The van der Waals surface area contributed by atoms with Gasteiger partial charge in [0.05, 0.1) is 12.8 Å². The van der Waals surface area contributed by atoms with Crippen LogP contribution in [-0.4, -0.2) is 24.6 Å². The molecule has 118 valence electrons. The largest absolute Gasteiger partial charge is 0.493 e. The first kappa shape index (κ1) is 14.9. The number of methoxy groups -OCH3 is 1. The molecule has 1 N–H and O–H groups in total. The SMILES string of the molecule is COc1ccccc1OCC(=O)Nc1cccc2nc(C)oc12. The average Bonchev–Trinajstić information content (AvgIpc) is 2.94. The molecule has 6 heteroatoms. The standard InChI is InChI=1S/C17H16N2O4/c1-11-18-12-6-5-7-13(17(12)23-11)19-16(20)10-22-15-9-4-3-8-14(15)21-2/h3-9H,10H2,1-2H3,(H,19,20). The summed E-state index contributed by atoms with van der Waals surface area (Å²) in [5, 5.41) is 2.77. The molecule has 3 aromatic rings. The van der Waals surface area contributed by atoms with Gasteiger partial charge in [-0.05, 0) is 24.3 Å². The number of fused-ring (bicyclic) bond motifs is 1. The summed E-state index contributed by atoms with van der Waals surface area (Å²) in [6.07, 6.45) is 0. The number of carbonyl (C=O) groups is 1. The molecule has 3 rings (SSSR count). The minimum atomic E-state index is -0.294. The van der Waals surface area contributed by atoms with Crippen LogP contribution < -0.4 is 14.8 Å². The number of rotatable bonds is 5. The van der Waals surface area contributed by atoms with Crippen LogP contribution in [0, 0.1) is 6.92 Å². The van der Waals surface area contributed by atoms with Gasteiger partial charge in [-0.15, -0.1) is 0 Å². The van der Waals surface area contributed by atoms with E-state index in [1.54, 1.807) is 38.3 Å². The summed E-state index contributed by atoms with van der Waals surface area (Å²) < 4.78 is 16.2. The third-order valence-electron chi connectivity index (χ3n) is 3.22. The quantitative estimate of drug-likeness (QED) is 0.783. The van der Waals surface area contributed by atoms with Crippen molar-refractivity contribution in [3.63, 3.8) is 0 Å². The Kier molecular flexibility index (Phi) is 4.14. The summed E-state index contributed by atoms with van der Waals surface area (Å²) >= 11 is 0. The summed E-state index contributed by atoms with van der Waals surface area (Å²) in [7, 11) is 1.55. The fourth-order valence-electron chi connectivity index (χ4n) is 2.23. The fraction of sp³-hybridized carbons (Fsp3) is 0.176. The van der Waals surface area contributed by atoms with Gasteiger partial charge in [-0.25, -0.2) is 4.98 Å². The number of aryl methyl sites for hydroxylation is 1. The number of nitrogens with one attached hydrogen (secondary N) is 1. The first-order valence-corrected chi connectivity index (χ1v) is 7.09. The van der Waals surface area contributed by atoms with Gasteiger partial charge in [0, 0.05) is 6.92 Å². The molecule has 0 fully saturated rings. The van der Waals surface area contributed by atoms with Crippen LogP contribution in [0.25, 0.3) is 11.1 Å². The topological polar surface area (TPSA) is 73.6 Å². The second-order valence-electron chi connectivity index (χ2n) is 4.87. The summed E-state index contributed by atoms with van der Waals surface area (Å²) in [5.74, 6) is 1.34. The van der Waals surface area contributed by atoms with Crippen LogP contribution in [0.3, 0.4) is 0 Å². The van der Waals surface area contributed by atoms with Gasteiger partial charge >= 0.3 is 0 Å². The zero-order valence-corrected chi connectivity index (χ0v) is 12.8. The van der Waals surface area contributed by atoms with E-state index in [0.717, 1.165) is 0 Å². The fourth-order valence-corrected chi connectivity index (χ4v) is 2.23. The van der Waals surface area contributed by atoms with Gasteiger partial charge in [-0.3, -0.25) is 4.79 Å². The third kappa shape index (κ3) is 3.26. The van der Waals surface area contributed by atoms with Gasteiger partial charge in [0.1, 0.15) is 5.52 Å². The highest BCUT2D eigenvalue weighted by Crippen LogP contribution is 2.26. The monoisotopic (exact) mass is 312 g/mol. The van der Waals surface area contributed by atoms with E-state index in [1.165, 1.54) is 0 Å². The van der Waals surface area contributed by atoms with Crippen LogP contribution in [0.1, 0.15) is 5.89 Å². The summed E-state index contributed by atoms with van der Waals surface area (Å²) in [6.45, 7) is 1.63. The summed E-state index contributed by atoms with van der Waals surface area (Å²) in [5.41, 5.74) is 1.82. The molecule has 0 saturated heterocycles. The van der Waals surface area contributed by atoms with Crippen molar-refractivity contribution in [3.05, 3.63) is 48.4 Å². The Bertz CT molecular complexity index is 841. The normalized spacial score (nSPS) is 10.5. The van der Waals surface area contributed by atoms with Crippen LogP contribution >= 0.6 is 0 Å². The number of aromatic nitrogens is 1. The Hall–Kier alpha value is -3.02. The molecular formula is C17H16N2O4. The molecule has 0 saturated carbocycles. The smallest absolute Gasteiger partial charge is 0.262 e. The predicted molar refractivity (Wildman–Crippen MR) is 85.9 cm³/mol. The van der Waals surface area contributed by atoms with Crippen molar-refractivity contribution in [1.82, 2.24) is 4.98 Å². The Morgan fingerprint density at radius 1 is 1.17 bits per heavy atom. The van der Waals surface area contributed by atoms with Gasteiger partial charge < -0.3 is 19.2 Å².